The van der Waals surface area contributed by atoms with Gasteiger partial charge < -0.3 is 19.7 Å². The number of halogens is 2. The number of benzene rings is 4. The van der Waals surface area contributed by atoms with Gasteiger partial charge in [-0.3, -0.25) is 0 Å². The molecule has 0 heterocycles. The Morgan fingerprint density at radius 2 is 0.941 bits per heavy atom. The lowest BCUT2D eigenvalue weighted by molar-refractivity contribution is 0.410. The van der Waals surface area contributed by atoms with Crippen LogP contribution in [-0.2, 0) is 12.8 Å². The van der Waals surface area contributed by atoms with E-state index in [1.165, 1.54) is 0 Å². The average molecular weight is 680 g/mol. The number of hydrogen-bond acceptors (Lipinski definition) is 4. The van der Waals surface area contributed by atoms with Crippen LogP contribution in [0.3, 0.4) is 0 Å². The Morgan fingerprint density at radius 1 is 0.559 bits per heavy atom. The molecule has 0 amide bonds. The summed E-state index contributed by atoms with van der Waals surface area (Å²) in [5.74, 6) is 2.36. The summed E-state index contributed by atoms with van der Waals surface area (Å²) in [6.07, 6.45) is 1.35. The Hall–Kier alpha value is -2.46. The minimum absolute atomic E-state index is 0.330. The van der Waals surface area contributed by atoms with Crippen molar-refractivity contribution in [3.8, 4) is 23.0 Å². The normalized spacial score (nSPS) is 10.2. The zero-order valence-electron chi connectivity index (χ0n) is 19.0. The van der Waals surface area contributed by atoms with Gasteiger partial charge in [-0.1, -0.05) is 36.4 Å². The monoisotopic (exact) mass is 680 g/mol. The van der Waals surface area contributed by atoms with Crippen LogP contribution < -0.4 is 9.47 Å². The first-order chi connectivity index (χ1) is 16.4. The Bertz CT molecular complexity index is 1140. The lowest BCUT2D eigenvalue weighted by atomic mass is 10.0. The van der Waals surface area contributed by atoms with Gasteiger partial charge in [0.2, 0.25) is 0 Å². The van der Waals surface area contributed by atoms with Gasteiger partial charge in [-0.15, -0.1) is 0 Å². The maximum atomic E-state index is 9.82. The first kappa shape index (κ1) is 26.2. The molecule has 0 saturated carbocycles. The summed E-state index contributed by atoms with van der Waals surface area (Å²) in [6.45, 7) is 0. The third-order valence-corrected chi connectivity index (χ3v) is 6.57. The number of para-hydroxylation sites is 2. The molecule has 0 radical (unpaired) electrons. The average Bonchev–Trinajstić information content (AvgIpc) is 2.85. The van der Waals surface area contributed by atoms with Gasteiger partial charge in [0.1, 0.15) is 23.0 Å². The summed E-state index contributed by atoms with van der Waals surface area (Å²) in [5.41, 5.74) is 3.99. The van der Waals surface area contributed by atoms with E-state index in [0.717, 1.165) is 40.9 Å². The SMILES string of the molecule is COc1ccccc1Cc1cc(I)ccc1O.COc1ccccc1Cc1cc(I)ccc1O. The molecule has 0 aliphatic carbocycles. The fraction of sp³-hybridized carbons (Fsp3) is 0.143. The van der Waals surface area contributed by atoms with Crippen LogP contribution in [0.4, 0.5) is 0 Å². The van der Waals surface area contributed by atoms with E-state index < -0.39 is 0 Å². The minimum Gasteiger partial charge on any atom is -0.508 e. The van der Waals surface area contributed by atoms with Crippen LogP contribution in [0.1, 0.15) is 22.3 Å². The van der Waals surface area contributed by atoms with Crippen molar-refractivity contribution in [1.29, 1.82) is 0 Å². The number of phenolic OH excluding ortho intramolecular Hbond substituents is 2. The van der Waals surface area contributed by atoms with E-state index in [1.54, 1.807) is 26.4 Å². The van der Waals surface area contributed by atoms with Crippen molar-refractivity contribution in [2.24, 2.45) is 0 Å². The van der Waals surface area contributed by atoms with Crippen LogP contribution >= 0.6 is 45.2 Å². The van der Waals surface area contributed by atoms with E-state index in [-0.39, 0.29) is 0 Å². The van der Waals surface area contributed by atoms with Gasteiger partial charge in [-0.05, 0) is 116 Å². The molecule has 0 spiro atoms. The lowest BCUT2D eigenvalue weighted by Crippen LogP contribution is -1.94. The van der Waals surface area contributed by atoms with Crippen LogP contribution in [0.2, 0.25) is 0 Å². The van der Waals surface area contributed by atoms with E-state index in [4.69, 9.17) is 9.47 Å². The van der Waals surface area contributed by atoms with Crippen LogP contribution in [0, 0.1) is 7.14 Å². The summed E-state index contributed by atoms with van der Waals surface area (Å²) >= 11 is 4.48. The summed E-state index contributed by atoms with van der Waals surface area (Å²) in [6, 6.07) is 26.9. The van der Waals surface area contributed by atoms with Crippen LogP contribution in [-0.4, -0.2) is 24.4 Å². The summed E-state index contributed by atoms with van der Waals surface area (Å²) in [5, 5.41) is 19.6. The largest absolute Gasteiger partial charge is 0.508 e. The number of methoxy groups -OCH3 is 2. The Balaban J connectivity index is 0.000000191. The van der Waals surface area contributed by atoms with Gasteiger partial charge in [0.25, 0.3) is 0 Å². The Kier molecular flexibility index (Phi) is 9.88. The van der Waals surface area contributed by atoms with E-state index in [1.807, 2.05) is 72.8 Å². The molecule has 6 heteroatoms. The number of hydrogen-bond donors (Lipinski definition) is 2. The highest BCUT2D eigenvalue weighted by molar-refractivity contribution is 14.1. The van der Waals surface area contributed by atoms with Gasteiger partial charge in [0, 0.05) is 20.0 Å². The van der Waals surface area contributed by atoms with Gasteiger partial charge in [0.15, 0.2) is 0 Å². The van der Waals surface area contributed by atoms with E-state index in [0.29, 0.717) is 24.3 Å². The third kappa shape index (κ3) is 7.27. The van der Waals surface area contributed by atoms with Crippen molar-refractivity contribution >= 4 is 45.2 Å². The van der Waals surface area contributed by atoms with Gasteiger partial charge in [0.05, 0.1) is 14.2 Å². The third-order valence-electron chi connectivity index (χ3n) is 5.23. The molecule has 176 valence electrons. The Labute approximate surface area is 227 Å². The van der Waals surface area contributed by atoms with E-state index >= 15 is 0 Å². The van der Waals surface area contributed by atoms with Crippen molar-refractivity contribution in [2.45, 2.75) is 12.8 Å². The second-order valence-electron chi connectivity index (χ2n) is 7.52. The van der Waals surface area contributed by atoms with Crippen molar-refractivity contribution in [3.63, 3.8) is 0 Å². The predicted octanol–water partition coefficient (Wildman–Crippen LogP) is 7.19. The standard InChI is InChI=1S/2C14H13IO2/c2*1-17-14-5-3-2-4-10(14)8-11-9-12(15)6-7-13(11)16/h2*2-7,9,16H,8H2,1H3. The fourth-order valence-electron chi connectivity index (χ4n) is 3.50. The van der Waals surface area contributed by atoms with Gasteiger partial charge >= 0.3 is 0 Å². The molecule has 0 bridgehead atoms. The van der Waals surface area contributed by atoms with Gasteiger partial charge in [-0.2, -0.15) is 0 Å². The first-order valence-corrected chi connectivity index (χ1v) is 12.8. The maximum Gasteiger partial charge on any atom is 0.122 e. The lowest BCUT2D eigenvalue weighted by Gasteiger charge is -2.09. The van der Waals surface area contributed by atoms with E-state index in [2.05, 4.69) is 45.2 Å². The second kappa shape index (κ2) is 12.9. The van der Waals surface area contributed by atoms with Crippen molar-refractivity contribution < 1.29 is 19.7 Å². The van der Waals surface area contributed by atoms with Crippen LogP contribution in [0.5, 0.6) is 23.0 Å². The molecule has 0 saturated heterocycles. The molecule has 0 aliphatic rings. The molecular weight excluding hydrogens is 654 g/mol. The van der Waals surface area contributed by atoms with Crippen molar-refractivity contribution in [2.75, 3.05) is 14.2 Å². The molecule has 4 rings (SSSR count). The number of aromatic hydroxyl groups is 2. The predicted molar refractivity (Wildman–Crippen MR) is 153 cm³/mol. The van der Waals surface area contributed by atoms with Crippen LogP contribution in [0.15, 0.2) is 84.9 Å². The first-order valence-electron chi connectivity index (χ1n) is 10.6. The molecule has 0 aliphatic heterocycles. The maximum absolute atomic E-state index is 9.82. The molecule has 34 heavy (non-hydrogen) atoms. The highest BCUT2D eigenvalue weighted by Gasteiger charge is 2.08. The topological polar surface area (TPSA) is 58.9 Å². The quantitative estimate of drug-likeness (QED) is 0.212. The molecule has 4 nitrogen and oxygen atoms in total. The molecule has 0 atom stereocenters. The fourth-order valence-corrected chi connectivity index (χ4v) is 4.61. The summed E-state index contributed by atoms with van der Waals surface area (Å²) in [4.78, 5) is 0. The number of rotatable bonds is 6. The molecule has 0 fully saturated rings. The second-order valence-corrected chi connectivity index (χ2v) is 10.0. The van der Waals surface area contributed by atoms with Crippen molar-refractivity contribution in [1.82, 2.24) is 0 Å². The molecule has 2 N–H and O–H groups in total. The van der Waals surface area contributed by atoms with E-state index in [9.17, 15) is 10.2 Å². The molecule has 4 aromatic carbocycles. The molecule has 4 aromatic rings. The van der Waals surface area contributed by atoms with Gasteiger partial charge in [-0.25, -0.2) is 0 Å². The highest BCUT2D eigenvalue weighted by atomic mass is 127. The summed E-state index contributed by atoms with van der Waals surface area (Å²) < 4.78 is 12.8. The number of phenols is 2. The smallest absolute Gasteiger partial charge is 0.122 e. The molecular formula is C28H26I2O4. The highest BCUT2D eigenvalue weighted by Crippen LogP contribution is 2.28. The minimum atomic E-state index is 0.330. The van der Waals surface area contributed by atoms with Crippen molar-refractivity contribution in [3.05, 3.63) is 114 Å². The molecule has 0 unspecified atom stereocenters. The zero-order valence-corrected chi connectivity index (χ0v) is 23.3. The molecule has 0 aromatic heterocycles. The Morgan fingerprint density at radius 3 is 1.32 bits per heavy atom. The van der Waals surface area contributed by atoms with Crippen LogP contribution in [0.25, 0.3) is 0 Å². The summed E-state index contributed by atoms with van der Waals surface area (Å²) in [7, 11) is 3.32. The zero-order chi connectivity index (χ0) is 24.5. The number of ether oxygens (including phenoxy) is 2.